The lowest BCUT2D eigenvalue weighted by Crippen LogP contribution is -2.36. The van der Waals surface area contributed by atoms with Gasteiger partial charge in [-0.15, -0.1) is 0 Å². The fraction of sp³-hybridized carbons (Fsp3) is 0.0714. The summed E-state index contributed by atoms with van der Waals surface area (Å²) in [6.45, 7) is -0.323. The van der Waals surface area contributed by atoms with Crippen LogP contribution in [0, 0.1) is 11.6 Å². The Morgan fingerprint density at radius 2 is 1.77 bits per heavy atom. The Kier molecular flexibility index (Phi) is 4.97. The number of hydrogen-bond donors (Lipinski definition) is 3. The second kappa shape index (κ2) is 7.11. The van der Waals surface area contributed by atoms with Crippen LogP contribution in [0.15, 0.2) is 42.7 Å². The van der Waals surface area contributed by atoms with Crippen molar-refractivity contribution in [2.45, 2.75) is 0 Å². The first kappa shape index (κ1) is 15.4. The topological polar surface area (TPSA) is 83.1 Å². The molecule has 0 radical (unpaired) electrons. The van der Waals surface area contributed by atoms with E-state index < -0.39 is 23.6 Å². The fourth-order valence-corrected chi connectivity index (χ4v) is 1.54. The number of carbonyl (C=O) groups excluding carboxylic acids is 2. The summed E-state index contributed by atoms with van der Waals surface area (Å²) in [5.41, 5.74) is 0.347. The number of rotatable bonds is 4. The average molecular weight is 306 g/mol. The number of carbonyl (C=O) groups is 2. The lowest BCUT2D eigenvalue weighted by Gasteiger charge is -2.08. The quantitative estimate of drug-likeness (QED) is 0.809. The number of halogens is 2. The Balaban J connectivity index is 1.79. The zero-order valence-corrected chi connectivity index (χ0v) is 11.3. The lowest BCUT2D eigenvalue weighted by molar-refractivity contribution is -0.115. The number of aromatic nitrogens is 1. The van der Waals surface area contributed by atoms with Gasteiger partial charge in [0, 0.05) is 11.9 Å². The Labute approximate surface area is 124 Å². The maximum Gasteiger partial charge on any atom is 0.319 e. The normalized spacial score (nSPS) is 9.91. The van der Waals surface area contributed by atoms with Gasteiger partial charge in [0.25, 0.3) is 0 Å². The molecule has 0 aliphatic carbocycles. The monoisotopic (exact) mass is 306 g/mol. The van der Waals surface area contributed by atoms with Crippen molar-refractivity contribution in [2.24, 2.45) is 0 Å². The molecular formula is C14H12F2N4O2. The molecule has 0 bridgehead atoms. The third kappa shape index (κ3) is 4.51. The Morgan fingerprint density at radius 1 is 1.05 bits per heavy atom. The number of urea groups is 1. The van der Waals surface area contributed by atoms with Gasteiger partial charge in [0.1, 0.15) is 5.82 Å². The highest BCUT2D eigenvalue weighted by molar-refractivity contribution is 5.96. The van der Waals surface area contributed by atoms with Crippen molar-refractivity contribution in [2.75, 3.05) is 17.2 Å². The Hall–Kier alpha value is -3.03. The summed E-state index contributed by atoms with van der Waals surface area (Å²) in [6, 6.07) is 5.72. The first-order valence-corrected chi connectivity index (χ1v) is 6.24. The molecule has 6 nitrogen and oxygen atoms in total. The molecule has 0 aliphatic heterocycles. The largest absolute Gasteiger partial charge is 0.329 e. The van der Waals surface area contributed by atoms with Gasteiger partial charge in [0.15, 0.2) is 5.82 Å². The van der Waals surface area contributed by atoms with Crippen LogP contribution in [0.1, 0.15) is 0 Å². The molecule has 1 aromatic carbocycles. The highest BCUT2D eigenvalue weighted by Crippen LogP contribution is 2.10. The molecule has 0 unspecified atom stereocenters. The molecule has 0 aliphatic rings. The molecule has 2 aromatic rings. The second-order valence-electron chi connectivity index (χ2n) is 4.22. The van der Waals surface area contributed by atoms with Crippen LogP contribution in [-0.2, 0) is 4.79 Å². The summed E-state index contributed by atoms with van der Waals surface area (Å²) in [7, 11) is 0. The molecule has 22 heavy (non-hydrogen) atoms. The van der Waals surface area contributed by atoms with Gasteiger partial charge in [-0.25, -0.2) is 13.6 Å². The van der Waals surface area contributed by atoms with Crippen molar-refractivity contribution >= 4 is 23.3 Å². The molecule has 0 atom stereocenters. The summed E-state index contributed by atoms with van der Waals surface area (Å²) >= 11 is 0. The number of pyridine rings is 1. The summed E-state index contributed by atoms with van der Waals surface area (Å²) in [6.07, 6.45) is 2.27. The van der Waals surface area contributed by atoms with Crippen molar-refractivity contribution in [1.82, 2.24) is 10.3 Å². The summed E-state index contributed by atoms with van der Waals surface area (Å²) < 4.78 is 26.0. The van der Waals surface area contributed by atoms with Gasteiger partial charge < -0.3 is 16.0 Å². The number of nitrogens with zero attached hydrogens (tertiary/aromatic N) is 1. The maximum atomic E-state index is 13.3. The van der Waals surface area contributed by atoms with E-state index in [1.807, 2.05) is 0 Å². The number of nitrogens with one attached hydrogen (secondary N) is 3. The minimum Gasteiger partial charge on any atom is -0.329 e. The molecule has 3 amide bonds. The predicted molar refractivity (Wildman–Crippen MR) is 76.2 cm³/mol. The van der Waals surface area contributed by atoms with Crippen LogP contribution >= 0.6 is 0 Å². The zero-order valence-electron chi connectivity index (χ0n) is 11.3. The van der Waals surface area contributed by atoms with E-state index >= 15 is 0 Å². The highest BCUT2D eigenvalue weighted by Gasteiger charge is 2.08. The molecule has 3 N–H and O–H groups in total. The van der Waals surface area contributed by atoms with Crippen molar-refractivity contribution in [3.63, 3.8) is 0 Å². The van der Waals surface area contributed by atoms with E-state index in [0.29, 0.717) is 5.69 Å². The second-order valence-corrected chi connectivity index (χ2v) is 4.22. The lowest BCUT2D eigenvalue weighted by atomic mass is 10.3. The molecule has 8 heteroatoms. The first-order chi connectivity index (χ1) is 10.5. The Bertz CT molecular complexity index is 677. The minimum atomic E-state index is -0.737. The van der Waals surface area contributed by atoms with E-state index in [9.17, 15) is 18.4 Å². The van der Waals surface area contributed by atoms with Gasteiger partial charge in [0.2, 0.25) is 5.91 Å². The fourth-order valence-electron chi connectivity index (χ4n) is 1.54. The van der Waals surface area contributed by atoms with Crippen LogP contribution in [0.4, 0.5) is 25.0 Å². The number of anilines is 2. The van der Waals surface area contributed by atoms with E-state index in [2.05, 4.69) is 20.9 Å². The molecule has 0 saturated carbocycles. The average Bonchev–Trinajstić information content (AvgIpc) is 2.50. The summed E-state index contributed by atoms with van der Waals surface area (Å²) in [5, 5.41) is 6.98. The van der Waals surface area contributed by atoms with Gasteiger partial charge in [-0.2, -0.15) is 0 Å². The first-order valence-electron chi connectivity index (χ1n) is 6.24. The minimum absolute atomic E-state index is 0.0496. The van der Waals surface area contributed by atoms with E-state index in [-0.39, 0.29) is 12.2 Å². The molecule has 1 heterocycles. The van der Waals surface area contributed by atoms with E-state index in [0.717, 1.165) is 6.20 Å². The molecular weight excluding hydrogens is 294 g/mol. The molecule has 2 rings (SSSR count). The molecule has 1 aromatic heterocycles. The van der Waals surface area contributed by atoms with Crippen molar-refractivity contribution < 1.29 is 18.4 Å². The number of amides is 3. The summed E-state index contributed by atoms with van der Waals surface area (Å²) in [4.78, 5) is 26.7. The third-order valence-corrected chi connectivity index (χ3v) is 2.56. The third-order valence-electron chi connectivity index (χ3n) is 2.56. The van der Waals surface area contributed by atoms with Crippen LogP contribution in [0.5, 0.6) is 0 Å². The Morgan fingerprint density at radius 3 is 2.45 bits per heavy atom. The standard InChI is InChI=1S/C14H12F2N4O2/c15-9-1-3-10(4-2-9)19-13(21)8-18-14(22)20-12-5-6-17-7-11(12)16/h1-7H,8H2,(H,19,21)(H2,17,18,20,22). The van der Waals surface area contributed by atoms with Crippen molar-refractivity contribution in [3.8, 4) is 0 Å². The van der Waals surface area contributed by atoms with Gasteiger partial charge in [0.05, 0.1) is 18.4 Å². The molecule has 0 spiro atoms. The van der Waals surface area contributed by atoms with Crippen LogP contribution in [0.2, 0.25) is 0 Å². The van der Waals surface area contributed by atoms with Gasteiger partial charge in [-0.3, -0.25) is 9.78 Å². The van der Waals surface area contributed by atoms with Gasteiger partial charge >= 0.3 is 6.03 Å². The van der Waals surface area contributed by atoms with Crippen molar-refractivity contribution in [1.29, 1.82) is 0 Å². The highest BCUT2D eigenvalue weighted by atomic mass is 19.1. The van der Waals surface area contributed by atoms with Gasteiger partial charge in [-0.1, -0.05) is 0 Å². The molecule has 114 valence electrons. The van der Waals surface area contributed by atoms with E-state index in [1.165, 1.54) is 36.5 Å². The number of benzene rings is 1. The van der Waals surface area contributed by atoms with Crippen LogP contribution in [-0.4, -0.2) is 23.5 Å². The van der Waals surface area contributed by atoms with Gasteiger partial charge in [-0.05, 0) is 30.3 Å². The smallest absolute Gasteiger partial charge is 0.319 e. The summed E-state index contributed by atoms with van der Waals surface area (Å²) in [5.74, 6) is -1.61. The van der Waals surface area contributed by atoms with Crippen LogP contribution < -0.4 is 16.0 Å². The zero-order chi connectivity index (χ0) is 15.9. The van der Waals surface area contributed by atoms with Crippen LogP contribution in [0.3, 0.4) is 0 Å². The molecule has 0 saturated heterocycles. The van der Waals surface area contributed by atoms with E-state index in [1.54, 1.807) is 0 Å². The maximum absolute atomic E-state index is 13.3. The molecule has 0 fully saturated rings. The number of hydrogen-bond acceptors (Lipinski definition) is 3. The van der Waals surface area contributed by atoms with E-state index in [4.69, 9.17) is 0 Å². The van der Waals surface area contributed by atoms with Crippen molar-refractivity contribution in [3.05, 3.63) is 54.4 Å². The predicted octanol–water partition coefficient (Wildman–Crippen LogP) is 2.12. The SMILES string of the molecule is O=C(CNC(=O)Nc1ccncc1F)Nc1ccc(F)cc1. The van der Waals surface area contributed by atoms with Crippen LogP contribution in [0.25, 0.3) is 0 Å².